The molecule has 0 N–H and O–H groups in total. The lowest BCUT2D eigenvalue weighted by atomic mass is 10.1. The molecule has 1 aliphatic rings. The second-order valence-electron chi connectivity index (χ2n) is 4.22. The summed E-state index contributed by atoms with van der Waals surface area (Å²) in [6.07, 6.45) is 0.297. The molecule has 1 aromatic carbocycles. The van der Waals surface area contributed by atoms with Gasteiger partial charge in [-0.05, 0) is 24.1 Å². The molecule has 5 heteroatoms. The highest BCUT2D eigenvalue weighted by Gasteiger charge is 2.27. The van der Waals surface area contributed by atoms with E-state index in [1.165, 1.54) is 23.2 Å². The van der Waals surface area contributed by atoms with Gasteiger partial charge in [-0.2, -0.15) is 10.1 Å². The van der Waals surface area contributed by atoms with E-state index < -0.39 is 5.82 Å². The Morgan fingerprint density at radius 3 is 2.71 bits per heavy atom. The van der Waals surface area contributed by atoms with E-state index >= 15 is 0 Å². The highest BCUT2D eigenvalue weighted by atomic mass is 35.5. The van der Waals surface area contributed by atoms with Crippen molar-refractivity contribution in [1.82, 2.24) is 0 Å². The van der Waals surface area contributed by atoms with Crippen LogP contribution in [0.1, 0.15) is 20.3 Å². The molecular weight excluding hydrogens is 243 g/mol. The number of nitrogens with zero attached hydrogens (tertiary/aromatic N) is 2. The summed E-state index contributed by atoms with van der Waals surface area (Å²) in [6, 6.07) is 3.90. The summed E-state index contributed by atoms with van der Waals surface area (Å²) < 4.78 is 12.9. The van der Waals surface area contributed by atoms with Gasteiger partial charge in [0.15, 0.2) is 0 Å². The third-order valence-electron chi connectivity index (χ3n) is 2.60. The zero-order chi connectivity index (χ0) is 12.6. The van der Waals surface area contributed by atoms with Crippen molar-refractivity contribution in [3.63, 3.8) is 0 Å². The Balaban J connectivity index is 2.37. The lowest BCUT2D eigenvalue weighted by molar-refractivity contribution is -0.116. The maximum Gasteiger partial charge on any atom is 0.253 e. The number of amides is 1. The van der Waals surface area contributed by atoms with Gasteiger partial charge in [-0.25, -0.2) is 4.39 Å². The van der Waals surface area contributed by atoms with E-state index in [-0.39, 0.29) is 16.8 Å². The second kappa shape index (κ2) is 4.45. The third kappa shape index (κ3) is 2.31. The van der Waals surface area contributed by atoms with Gasteiger partial charge in [0.05, 0.1) is 22.8 Å². The maximum atomic E-state index is 12.9. The van der Waals surface area contributed by atoms with Crippen molar-refractivity contribution in [2.24, 2.45) is 11.0 Å². The minimum absolute atomic E-state index is 0.137. The van der Waals surface area contributed by atoms with E-state index in [0.29, 0.717) is 12.1 Å². The summed E-state index contributed by atoms with van der Waals surface area (Å²) in [6.45, 7) is 3.95. The van der Waals surface area contributed by atoms with Crippen LogP contribution in [-0.2, 0) is 4.79 Å². The van der Waals surface area contributed by atoms with Crippen LogP contribution in [0.2, 0.25) is 5.02 Å². The van der Waals surface area contributed by atoms with E-state index in [4.69, 9.17) is 11.6 Å². The first-order valence-corrected chi connectivity index (χ1v) is 5.72. The number of hydrogen-bond donors (Lipinski definition) is 0. The minimum Gasteiger partial charge on any atom is -0.272 e. The van der Waals surface area contributed by atoms with Crippen molar-refractivity contribution < 1.29 is 9.18 Å². The molecule has 90 valence electrons. The van der Waals surface area contributed by atoms with Crippen LogP contribution in [0.5, 0.6) is 0 Å². The monoisotopic (exact) mass is 254 g/mol. The maximum absolute atomic E-state index is 12.9. The topological polar surface area (TPSA) is 32.7 Å². The molecule has 1 aliphatic heterocycles. The molecule has 2 rings (SSSR count). The minimum atomic E-state index is -0.432. The Bertz CT molecular complexity index is 499. The molecule has 0 fully saturated rings. The summed E-state index contributed by atoms with van der Waals surface area (Å²) in [5.41, 5.74) is 1.24. The standard InChI is InChI=1S/C12H12ClFN2O/c1-7(2)10-6-12(17)16(15-10)11-4-3-8(14)5-9(11)13/h3-5,7H,6H2,1-2H3. The summed E-state index contributed by atoms with van der Waals surface area (Å²) >= 11 is 5.90. The molecule has 0 spiro atoms. The zero-order valence-corrected chi connectivity index (χ0v) is 10.3. The fourth-order valence-corrected chi connectivity index (χ4v) is 1.86. The van der Waals surface area contributed by atoms with Gasteiger partial charge in [0.1, 0.15) is 5.82 Å². The van der Waals surface area contributed by atoms with Gasteiger partial charge in [0.25, 0.3) is 5.91 Å². The van der Waals surface area contributed by atoms with Crippen LogP contribution in [0.15, 0.2) is 23.3 Å². The molecule has 1 aromatic rings. The van der Waals surface area contributed by atoms with Crippen LogP contribution >= 0.6 is 11.6 Å². The zero-order valence-electron chi connectivity index (χ0n) is 9.58. The van der Waals surface area contributed by atoms with Crippen molar-refractivity contribution in [1.29, 1.82) is 0 Å². The van der Waals surface area contributed by atoms with Gasteiger partial charge in [0, 0.05) is 0 Å². The number of hydrogen-bond acceptors (Lipinski definition) is 2. The number of benzene rings is 1. The highest BCUT2D eigenvalue weighted by Crippen LogP contribution is 2.30. The smallest absolute Gasteiger partial charge is 0.253 e. The van der Waals surface area contributed by atoms with E-state index in [1.807, 2.05) is 13.8 Å². The van der Waals surface area contributed by atoms with E-state index in [9.17, 15) is 9.18 Å². The Morgan fingerprint density at radius 1 is 1.47 bits per heavy atom. The van der Waals surface area contributed by atoms with Crippen LogP contribution in [0.4, 0.5) is 10.1 Å². The largest absolute Gasteiger partial charge is 0.272 e. The van der Waals surface area contributed by atoms with Crippen molar-refractivity contribution >= 4 is 28.9 Å². The van der Waals surface area contributed by atoms with Gasteiger partial charge in [-0.15, -0.1) is 0 Å². The number of anilines is 1. The number of rotatable bonds is 2. The van der Waals surface area contributed by atoms with Crippen molar-refractivity contribution in [2.45, 2.75) is 20.3 Å². The van der Waals surface area contributed by atoms with Gasteiger partial charge in [0.2, 0.25) is 0 Å². The first-order chi connectivity index (χ1) is 7.99. The lowest BCUT2D eigenvalue weighted by Crippen LogP contribution is -2.19. The van der Waals surface area contributed by atoms with Gasteiger partial charge in [-0.3, -0.25) is 4.79 Å². The quantitative estimate of drug-likeness (QED) is 0.798. The van der Waals surface area contributed by atoms with E-state index in [1.54, 1.807) is 0 Å². The van der Waals surface area contributed by atoms with Crippen LogP contribution in [-0.4, -0.2) is 11.6 Å². The fraction of sp³-hybridized carbons (Fsp3) is 0.333. The van der Waals surface area contributed by atoms with E-state index in [2.05, 4.69) is 5.10 Å². The molecule has 0 saturated heterocycles. The lowest BCUT2D eigenvalue weighted by Gasteiger charge is -2.13. The van der Waals surface area contributed by atoms with Gasteiger partial charge < -0.3 is 0 Å². The molecule has 17 heavy (non-hydrogen) atoms. The van der Waals surface area contributed by atoms with Crippen molar-refractivity contribution in [3.05, 3.63) is 29.0 Å². The first-order valence-electron chi connectivity index (χ1n) is 5.34. The van der Waals surface area contributed by atoms with Crippen LogP contribution in [0.25, 0.3) is 0 Å². The van der Waals surface area contributed by atoms with Crippen LogP contribution in [0, 0.1) is 11.7 Å². The molecule has 0 bridgehead atoms. The average Bonchev–Trinajstić information content (AvgIpc) is 2.61. The predicted octanol–water partition coefficient (Wildman–Crippen LogP) is 3.23. The van der Waals surface area contributed by atoms with Crippen LogP contribution < -0.4 is 5.01 Å². The molecule has 0 aliphatic carbocycles. The molecule has 1 amide bonds. The van der Waals surface area contributed by atoms with Crippen LogP contribution in [0.3, 0.4) is 0 Å². The number of halogens is 2. The third-order valence-corrected chi connectivity index (χ3v) is 2.90. The molecular formula is C12H12ClFN2O. The summed E-state index contributed by atoms with van der Waals surface area (Å²) in [4.78, 5) is 11.8. The number of hydrazone groups is 1. The summed E-state index contributed by atoms with van der Waals surface area (Å²) in [5.74, 6) is -0.358. The number of carbonyl (C=O) groups excluding carboxylic acids is 1. The second-order valence-corrected chi connectivity index (χ2v) is 4.63. The van der Waals surface area contributed by atoms with Crippen molar-refractivity contribution in [3.8, 4) is 0 Å². The average molecular weight is 255 g/mol. The predicted molar refractivity (Wildman–Crippen MR) is 65.8 cm³/mol. The highest BCUT2D eigenvalue weighted by molar-refractivity contribution is 6.34. The van der Waals surface area contributed by atoms with E-state index in [0.717, 1.165) is 5.71 Å². The molecule has 3 nitrogen and oxygen atoms in total. The summed E-state index contributed by atoms with van der Waals surface area (Å²) in [5, 5.41) is 5.66. The Labute approximate surface area is 104 Å². The molecule has 0 atom stereocenters. The normalized spacial score (nSPS) is 15.7. The van der Waals surface area contributed by atoms with Crippen molar-refractivity contribution in [2.75, 3.05) is 5.01 Å². The Hall–Kier alpha value is -1.42. The SMILES string of the molecule is CC(C)C1=NN(c2ccc(F)cc2Cl)C(=O)C1. The molecule has 0 radical (unpaired) electrons. The Morgan fingerprint density at radius 2 is 2.18 bits per heavy atom. The first kappa shape index (κ1) is 12.0. The molecule has 1 heterocycles. The number of carbonyl (C=O) groups is 1. The fourth-order valence-electron chi connectivity index (χ4n) is 1.61. The summed E-state index contributed by atoms with van der Waals surface area (Å²) in [7, 11) is 0. The molecule has 0 unspecified atom stereocenters. The van der Waals surface area contributed by atoms with Gasteiger partial charge in [-0.1, -0.05) is 25.4 Å². The Kier molecular flexibility index (Phi) is 3.15. The van der Waals surface area contributed by atoms with Gasteiger partial charge >= 0.3 is 0 Å². The molecule has 0 aromatic heterocycles. The molecule has 0 saturated carbocycles.